The number of carboxylic acids is 1. The molecule has 2 aromatic carbocycles. The molecule has 1 aliphatic rings. The van der Waals surface area contributed by atoms with Crippen LogP contribution in [0.25, 0.3) is 11.1 Å². The highest BCUT2D eigenvalue weighted by molar-refractivity contribution is 5.76. The van der Waals surface area contributed by atoms with Crippen LogP contribution in [0.5, 0.6) is 5.75 Å². The Bertz CT molecular complexity index is 1330. The molecule has 1 aliphatic carbocycles. The standard InChI is InChI=1S/C29H32F3N3O4/c1-16-9-19(39-8-7-28(3,4)38)10-17(2)26(16)22-11-18(5-6-23(22)29(30,31)32)13-34-25-15-33-24(14-35-25)20-12-21(20)27(36)37/h5-6,9-11,14-15,20-21,38H,7-8,12-13H2,1-4H3,(H,34,35)(H,36,37)/t20-,21-/m0/s1. The molecule has 2 atom stereocenters. The second-order valence-electron chi connectivity index (χ2n) is 10.7. The van der Waals surface area contributed by atoms with Gasteiger partial charge in [-0.3, -0.25) is 9.78 Å². The molecule has 0 amide bonds. The van der Waals surface area contributed by atoms with Gasteiger partial charge in [0, 0.05) is 18.9 Å². The predicted molar refractivity (Wildman–Crippen MR) is 141 cm³/mol. The van der Waals surface area contributed by atoms with Crippen LogP contribution < -0.4 is 10.1 Å². The van der Waals surface area contributed by atoms with Crippen molar-refractivity contribution >= 4 is 11.8 Å². The lowest BCUT2D eigenvalue weighted by atomic mass is 9.90. The van der Waals surface area contributed by atoms with Crippen molar-refractivity contribution in [1.82, 2.24) is 9.97 Å². The van der Waals surface area contributed by atoms with Crippen molar-refractivity contribution in [2.75, 3.05) is 11.9 Å². The molecule has 4 rings (SSSR count). The molecule has 1 fully saturated rings. The summed E-state index contributed by atoms with van der Waals surface area (Å²) < 4.78 is 47.8. The minimum Gasteiger partial charge on any atom is -0.493 e. The molecule has 0 saturated heterocycles. The lowest BCUT2D eigenvalue weighted by Crippen LogP contribution is -2.21. The Labute approximate surface area is 225 Å². The van der Waals surface area contributed by atoms with E-state index in [4.69, 9.17) is 9.84 Å². The van der Waals surface area contributed by atoms with Gasteiger partial charge in [-0.05, 0) is 86.2 Å². The molecule has 1 saturated carbocycles. The topological polar surface area (TPSA) is 105 Å². The van der Waals surface area contributed by atoms with Crippen molar-refractivity contribution in [3.63, 3.8) is 0 Å². The molecule has 0 aliphatic heterocycles. The monoisotopic (exact) mass is 543 g/mol. The van der Waals surface area contributed by atoms with Crippen molar-refractivity contribution < 1.29 is 32.9 Å². The summed E-state index contributed by atoms with van der Waals surface area (Å²) in [4.78, 5) is 19.7. The smallest absolute Gasteiger partial charge is 0.417 e. The number of carboxylic acid groups (broad SMARTS) is 1. The third-order valence-corrected chi connectivity index (χ3v) is 6.78. The van der Waals surface area contributed by atoms with Gasteiger partial charge in [0.1, 0.15) is 11.6 Å². The first kappa shape index (κ1) is 28.4. The summed E-state index contributed by atoms with van der Waals surface area (Å²) in [6, 6.07) is 7.48. The minimum atomic E-state index is -4.54. The van der Waals surface area contributed by atoms with E-state index in [9.17, 15) is 23.1 Å². The van der Waals surface area contributed by atoms with Gasteiger partial charge in [-0.25, -0.2) is 4.98 Å². The van der Waals surface area contributed by atoms with Crippen LogP contribution in [0.2, 0.25) is 0 Å². The van der Waals surface area contributed by atoms with Crippen LogP contribution in [-0.2, 0) is 17.5 Å². The normalized spacial score (nSPS) is 17.1. The van der Waals surface area contributed by atoms with E-state index in [2.05, 4.69) is 15.3 Å². The van der Waals surface area contributed by atoms with Crippen molar-refractivity contribution in [1.29, 1.82) is 0 Å². The van der Waals surface area contributed by atoms with E-state index >= 15 is 0 Å². The fraction of sp³-hybridized carbons (Fsp3) is 0.414. The minimum absolute atomic E-state index is 0.0784. The molecule has 208 valence electrons. The number of nitrogens with zero attached hydrogens (tertiary/aromatic N) is 2. The number of benzene rings is 2. The maximum Gasteiger partial charge on any atom is 0.417 e. The zero-order valence-corrected chi connectivity index (χ0v) is 22.3. The summed E-state index contributed by atoms with van der Waals surface area (Å²) in [7, 11) is 0. The van der Waals surface area contributed by atoms with Crippen molar-refractivity contribution in [3.05, 3.63) is 70.7 Å². The first-order valence-electron chi connectivity index (χ1n) is 12.7. The lowest BCUT2D eigenvalue weighted by molar-refractivity contribution is -0.139. The molecule has 7 nitrogen and oxygen atoms in total. The van der Waals surface area contributed by atoms with E-state index in [1.807, 2.05) is 0 Å². The maximum atomic E-state index is 14.0. The average Bonchev–Trinajstić information content (AvgIpc) is 3.63. The number of hydrogen-bond donors (Lipinski definition) is 3. The SMILES string of the molecule is Cc1cc(OCCC(C)(C)O)cc(C)c1-c1cc(CNc2cnc([C@H]3C[C@@H]3C(=O)O)cn2)ccc1C(F)(F)F. The Morgan fingerprint density at radius 1 is 1.10 bits per heavy atom. The second-order valence-corrected chi connectivity index (χ2v) is 10.7. The van der Waals surface area contributed by atoms with E-state index in [0.717, 1.165) is 6.07 Å². The van der Waals surface area contributed by atoms with Gasteiger partial charge >= 0.3 is 12.1 Å². The number of ether oxygens (including phenoxy) is 1. The van der Waals surface area contributed by atoms with Gasteiger partial charge in [0.25, 0.3) is 0 Å². The Morgan fingerprint density at radius 3 is 2.33 bits per heavy atom. The number of carbonyl (C=O) groups is 1. The molecular formula is C29H32F3N3O4. The molecule has 3 N–H and O–H groups in total. The van der Waals surface area contributed by atoms with Gasteiger partial charge in [0.2, 0.25) is 0 Å². The third-order valence-electron chi connectivity index (χ3n) is 6.78. The van der Waals surface area contributed by atoms with Crippen LogP contribution in [0.3, 0.4) is 0 Å². The van der Waals surface area contributed by atoms with Crippen LogP contribution in [0.15, 0.2) is 42.7 Å². The first-order valence-corrected chi connectivity index (χ1v) is 12.7. The van der Waals surface area contributed by atoms with E-state index in [-0.39, 0.29) is 24.6 Å². The highest BCUT2D eigenvalue weighted by atomic mass is 19.4. The number of alkyl halides is 3. The van der Waals surface area contributed by atoms with Crippen LogP contribution in [0, 0.1) is 19.8 Å². The van der Waals surface area contributed by atoms with E-state index in [1.165, 1.54) is 24.5 Å². The second kappa shape index (κ2) is 10.8. The number of rotatable bonds is 10. The predicted octanol–water partition coefficient (Wildman–Crippen LogP) is 6.12. The zero-order chi connectivity index (χ0) is 28.5. The molecule has 0 radical (unpaired) electrons. The fourth-order valence-corrected chi connectivity index (χ4v) is 4.61. The lowest BCUT2D eigenvalue weighted by Gasteiger charge is -2.20. The summed E-state index contributed by atoms with van der Waals surface area (Å²) in [6.45, 7) is 7.37. The van der Waals surface area contributed by atoms with E-state index in [0.29, 0.717) is 52.4 Å². The molecule has 10 heteroatoms. The number of hydrogen-bond acceptors (Lipinski definition) is 6. The van der Waals surface area contributed by atoms with Crippen molar-refractivity contribution in [2.24, 2.45) is 5.92 Å². The summed E-state index contributed by atoms with van der Waals surface area (Å²) >= 11 is 0. The Hall–Kier alpha value is -3.66. The summed E-state index contributed by atoms with van der Waals surface area (Å²) in [5.41, 5.74) is 1.48. The number of aromatic nitrogens is 2. The summed E-state index contributed by atoms with van der Waals surface area (Å²) in [5, 5.41) is 22.1. The largest absolute Gasteiger partial charge is 0.493 e. The average molecular weight is 544 g/mol. The molecule has 1 heterocycles. The van der Waals surface area contributed by atoms with Crippen LogP contribution in [0.1, 0.15) is 60.6 Å². The Morgan fingerprint density at radius 2 is 1.79 bits per heavy atom. The van der Waals surface area contributed by atoms with Gasteiger partial charge in [-0.2, -0.15) is 13.2 Å². The maximum absolute atomic E-state index is 14.0. The molecule has 0 unspecified atom stereocenters. The number of aliphatic carboxylic acids is 1. The zero-order valence-electron chi connectivity index (χ0n) is 22.3. The fourth-order valence-electron chi connectivity index (χ4n) is 4.61. The molecule has 0 spiro atoms. The van der Waals surface area contributed by atoms with Crippen molar-refractivity contribution in [2.45, 2.75) is 64.8 Å². The number of aliphatic hydroxyl groups is 1. The first-order chi connectivity index (χ1) is 18.2. The molecule has 3 aromatic rings. The highest BCUT2D eigenvalue weighted by Crippen LogP contribution is 2.46. The number of halogens is 3. The number of aryl methyl sites for hydroxylation is 2. The molecule has 0 bridgehead atoms. The van der Waals surface area contributed by atoms with Gasteiger partial charge in [0.15, 0.2) is 0 Å². The highest BCUT2D eigenvalue weighted by Gasteiger charge is 2.45. The molecule has 1 aromatic heterocycles. The van der Waals surface area contributed by atoms with Crippen molar-refractivity contribution in [3.8, 4) is 16.9 Å². The van der Waals surface area contributed by atoms with Gasteiger partial charge < -0.3 is 20.3 Å². The van der Waals surface area contributed by atoms with Crippen LogP contribution in [-0.4, -0.2) is 38.4 Å². The Kier molecular flexibility index (Phi) is 7.88. The van der Waals surface area contributed by atoms with Gasteiger partial charge in [0.05, 0.1) is 41.8 Å². The summed E-state index contributed by atoms with van der Waals surface area (Å²) in [6.07, 6.45) is -0.553. The third kappa shape index (κ3) is 7.06. The van der Waals surface area contributed by atoms with Gasteiger partial charge in [-0.15, -0.1) is 0 Å². The Balaban J connectivity index is 1.54. The van der Waals surface area contributed by atoms with E-state index < -0.39 is 29.2 Å². The van der Waals surface area contributed by atoms with E-state index in [1.54, 1.807) is 39.8 Å². The molecular weight excluding hydrogens is 511 g/mol. The summed E-state index contributed by atoms with van der Waals surface area (Å²) in [5.74, 6) is -0.435. The quantitative estimate of drug-likeness (QED) is 0.283. The molecule has 39 heavy (non-hydrogen) atoms. The van der Waals surface area contributed by atoms with Crippen LogP contribution in [0.4, 0.5) is 19.0 Å². The number of nitrogens with one attached hydrogen (secondary N) is 1. The van der Waals surface area contributed by atoms with Gasteiger partial charge in [-0.1, -0.05) is 6.07 Å². The number of anilines is 1. The van der Waals surface area contributed by atoms with Crippen LogP contribution >= 0.6 is 0 Å².